The third-order valence-electron chi connectivity index (χ3n) is 5.26. The summed E-state index contributed by atoms with van der Waals surface area (Å²) in [5.74, 6) is 1.54. The van der Waals surface area contributed by atoms with E-state index in [0.717, 1.165) is 35.1 Å². The lowest BCUT2D eigenvalue weighted by molar-refractivity contribution is 0.213. The van der Waals surface area contributed by atoms with Crippen LogP contribution in [-0.2, 0) is 6.42 Å². The highest BCUT2D eigenvalue weighted by Gasteiger charge is 2.28. The number of ether oxygens (including phenoxy) is 1. The zero-order chi connectivity index (χ0) is 22.1. The van der Waals surface area contributed by atoms with Crippen molar-refractivity contribution in [2.24, 2.45) is 0 Å². The number of nitrogens with zero attached hydrogens (tertiary/aromatic N) is 3. The van der Waals surface area contributed by atoms with Gasteiger partial charge in [0.15, 0.2) is 0 Å². The second-order valence-corrected chi connectivity index (χ2v) is 8.15. The van der Waals surface area contributed by atoms with Crippen molar-refractivity contribution >= 4 is 11.7 Å². The molecule has 0 radical (unpaired) electrons. The predicted molar refractivity (Wildman–Crippen MR) is 119 cm³/mol. The van der Waals surface area contributed by atoms with E-state index in [2.05, 4.69) is 15.5 Å². The van der Waals surface area contributed by atoms with E-state index in [9.17, 15) is 4.79 Å². The van der Waals surface area contributed by atoms with Crippen LogP contribution in [0.25, 0.3) is 22.8 Å². The van der Waals surface area contributed by atoms with Crippen molar-refractivity contribution in [3.63, 3.8) is 0 Å². The number of amides is 2. The summed E-state index contributed by atoms with van der Waals surface area (Å²) in [5.41, 5.74) is 10.5. The van der Waals surface area contributed by atoms with Crippen molar-refractivity contribution < 1.29 is 14.1 Å². The van der Waals surface area contributed by atoms with Gasteiger partial charge in [-0.25, -0.2) is 4.79 Å². The van der Waals surface area contributed by atoms with Crippen LogP contribution in [-0.4, -0.2) is 41.3 Å². The first kappa shape index (κ1) is 20.7. The Balaban J connectivity index is 1.60. The molecule has 0 spiro atoms. The summed E-state index contributed by atoms with van der Waals surface area (Å²) in [6.07, 6.45) is 1.71. The van der Waals surface area contributed by atoms with Crippen LogP contribution in [0.2, 0.25) is 0 Å². The van der Waals surface area contributed by atoms with Gasteiger partial charge in [-0.15, -0.1) is 0 Å². The SMILES string of the molecule is CC(C)Oc1ccc(-c2nc(-c3cccc4c3CC[C@@H]4NC(=O)N(C)C)no2)cc1N. The second-order valence-electron chi connectivity index (χ2n) is 8.15. The quantitative estimate of drug-likeness (QED) is 0.603. The Morgan fingerprint density at radius 2 is 2.10 bits per heavy atom. The molecule has 0 saturated carbocycles. The summed E-state index contributed by atoms with van der Waals surface area (Å²) < 4.78 is 11.2. The van der Waals surface area contributed by atoms with E-state index in [1.165, 1.54) is 4.90 Å². The average molecular weight is 422 g/mol. The number of nitrogens with two attached hydrogens (primary N) is 1. The zero-order valence-corrected chi connectivity index (χ0v) is 18.2. The molecule has 3 aromatic rings. The van der Waals surface area contributed by atoms with Crippen LogP contribution in [0, 0.1) is 0 Å². The van der Waals surface area contributed by atoms with Crippen LogP contribution in [0.4, 0.5) is 10.5 Å². The molecule has 2 aromatic carbocycles. The van der Waals surface area contributed by atoms with E-state index in [4.69, 9.17) is 15.0 Å². The molecular weight excluding hydrogens is 394 g/mol. The molecule has 0 aliphatic heterocycles. The minimum absolute atomic E-state index is 0.0236. The smallest absolute Gasteiger partial charge is 0.317 e. The largest absolute Gasteiger partial charge is 0.489 e. The van der Waals surface area contributed by atoms with Crippen molar-refractivity contribution in [1.29, 1.82) is 0 Å². The average Bonchev–Trinajstić information content (AvgIpc) is 3.37. The Morgan fingerprint density at radius 3 is 2.81 bits per heavy atom. The number of aromatic nitrogens is 2. The Bertz CT molecular complexity index is 1110. The Labute approximate surface area is 181 Å². The Hall–Kier alpha value is -3.55. The van der Waals surface area contributed by atoms with Crippen molar-refractivity contribution in [3.05, 3.63) is 47.5 Å². The number of hydrogen-bond acceptors (Lipinski definition) is 6. The van der Waals surface area contributed by atoms with Crippen molar-refractivity contribution in [3.8, 4) is 28.6 Å². The highest BCUT2D eigenvalue weighted by Crippen LogP contribution is 2.37. The molecule has 8 nitrogen and oxygen atoms in total. The molecule has 1 heterocycles. The molecule has 31 heavy (non-hydrogen) atoms. The summed E-state index contributed by atoms with van der Waals surface area (Å²) in [6.45, 7) is 3.90. The van der Waals surface area contributed by atoms with Gasteiger partial charge < -0.3 is 25.2 Å². The van der Waals surface area contributed by atoms with E-state index in [0.29, 0.717) is 23.2 Å². The monoisotopic (exact) mass is 421 g/mol. The molecule has 1 aliphatic rings. The third kappa shape index (κ3) is 4.19. The van der Waals surface area contributed by atoms with Crippen LogP contribution >= 0.6 is 0 Å². The van der Waals surface area contributed by atoms with Crippen molar-refractivity contribution in [1.82, 2.24) is 20.4 Å². The topological polar surface area (TPSA) is 107 Å². The molecule has 0 unspecified atom stereocenters. The highest BCUT2D eigenvalue weighted by atomic mass is 16.5. The van der Waals surface area contributed by atoms with E-state index in [-0.39, 0.29) is 18.2 Å². The maximum Gasteiger partial charge on any atom is 0.317 e. The number of urea groups is 1. The number of carbonyl (C=O) groups excluding carboxylic acids is 1. The zero-order valence-electron chi connectivity index (χ0n) is 18.2. The maximum absolute atomic E-state index is 12.1. The fourth-order valence-corrected chi connectivity index (χ4v) is 3.78. The summed E-state index contributed by atoms with van der Waals surface area (Å²) in [5, 5.41) is 7.27. The van der Waals surface area contributed by atoms with Gasteiger partial charge in [-0.3, -0.25) is 0 Å². The molecule has 2 amide bonds. The molecule has 4 rings (SSSR count). The van der Waals surface area contributed by atoms with Crippen LogP contribution in [0.1, 0.15) is 37.4 Å². The number of hydrogen-bond donors (Lipinski definition) is 2. The number of fused-ring (bicyclic) bond motifs is 1. The van der Waals surface area contributed by atoms with Gasteiger partial charge in [-0.2, -0.15) is 4.98 Å². The molecule has 1 atom stereocenters. The summed E-state index contributed by atoms with van der Waals surface area (Å²) >= 11 is 0. The van der Waals surface area contributed by atoms with E-state index < -0.39 is 0 Å². The normalized spacial score (nSPS) is 15.1. The number of nitrogen functional groups attached to an aromatic ring is 1. The summed E-state index contributed by atoms with van der Waals surface area (Å²) in [7, 11) is 3.47. The number of benzene rings is 2. The van der Waals surface area contributed by atoms with Crippen LogP contribution < -0.4 is 15.8 Å². The van der Waals surface area contributed by atoms with Gasteiger partial charge in [-0.05, 0) is 56.0 Å². The van der Waals surface area contributed by atoms with Gasteiger partial charge in [0.1, 0.15) is 5.75 Å². The first-order valence-electron chi connectivity index (χ1n) is 10.3. The van der Waals surface area contributed by atoms with Gasteiger partial charge in [0, 0.05) is 25.2 Å². The first-order chi connectivity index (χ1) is 14.8. The molecule has 0 bridgehead atoms. The summed E-state index contributed by atoms with van der Waals surface area (Å²) in [4.78, 5) is 18.2. The van der Waals surface area contributed by atoms with Crippen LogP contribution in [0.15, 0.2) is 40.9 Å². The lowest BCUT2D eigenvalue weighted by Crippen LogP contribution is -2.36. The number of rotatable bonds is 5. The lowest BCUT2D eigenvalue weighted by atomic mass is 10.0. The molecule has 0 saturated heterocycles. The minimum atomic E-state index is -0.104. The van der Waals surface area contributed by atoms with Crippen molar-refractivity contribution in [2.45, 2.75) is 38.8 Å². The van der Waals surface area contributed by atoms with Gasteiger partial charge in [-0.1, -0.05) is 23.4 Å². The molecule has 0 fully saturated rings. The predicted octanol–water partition coefficient (Wildman–Crippen LogP) is 4.03. The molecule has 1 aromatic heterocycles. The standard InChI is InChI=1S/C23H27N5O3/c1-13(2)30-20-11-8-14(12-18(20)24)22-26-21(27-31-22)17-7-5-6-16-15(17)9-10-19(16)25-23(29)28(3)4/h5-8,11-13,19H,9-10,24H2,1-4H3,(H,25,29)/t19-/m0/s1. The van der Waals surface area contributed by atoms with Gasteiger partial charge in [0.25, 0.3) is 5.89 Å². The molecule has 1 aliphatic carbocycles. The number of nitrogens with one attached hydrogen (secondary N) is 1. The lowest BCUT2D eigenvalue weighted by Gasteiger charge is -2.18. The maximum atomic E-state index is 12.1. The van der Waals surface area contributed by atoms with Gasteiger partial charge in [0.2, 0.25) is 5.82 Å². The van der Waals surface area contributed by atoms with E-state index in [1.807, 2.05) is 44.2 Å². The Kier molecular flexibility index (Phi) is 5.54. The summed E-state index contributed by atoms with van der Waals surface area (Å²) in [6, 6.07) is 11.3. The first-order valence-corrected chi connectivity index (χ1v) is 10.3. The van der Waals surface area contributed by atoms with E-state index in [1.54, 1.807) is 20.2 Å². The van der Waals surface area contributed by atoms with Gasteiger partial charge >= 0.3 is 6.03 Å². The van der Waals surface area contributed by atoms with Crippen molar-refractivity contribution in [2.75, 3.05) is 19.8 Å². The number of anilines is 1. The van der Waals surface area contributed by atoms with Gasteiger partial charge in [0.05, 0.1) is 17.8 Å². The molecular formula is C23H27N5O3. The van der Waals surface area contributed by atoms with Crippen LogP contribution in [0.5, 0.6) is 5.75 Å². The Morgan fingerprint density at radius 1 is 1.29 bits per heavy atom. The number of carbonyl (C=O) groups is 1. The molecule has 8 heteroatoms. The fourth-order valence-electron chi connectivity index (χ4n) is 3.78. The molecule has 3 N–H and O–H groups in total. The highest BCUT2D eigenvalue weighted by molar-refractivity contribution is 5.75. The second kappa shape index (κ2) is 8.29. The minimum Gasteiger partial charge on any atom is -0.489 e. The van der Waals surface area contributed by atoms with E-state index >= 15 is 0 Å². The fraction of sp³-hybridized carbons (Fsp3) is 0.348. The third-order valence-corrected chi connectivity index (χ3v) is 5.26. The molecule has 162 valence electrons. The van der Waals surface area contributed by atoms with Crippen LogP contribution in [0.3, 0.4) is 0 Å².